The van der Waals surface area contributed by atoms with E-state index >= 15 is 0 Å². The van der Waals surface area contributed by atoms with Crippen LogP contribution in [0.2, 0.25) is 0 Å². The lowest BCUT2D eigenvalue weighted by molar-refractivity contribution is 0.412. The fourth-order valence-corrected chi connectivity index (χ4v) is 3.00. The van der Waals surface area contributed by atoms with Crippen molar-refractivity contribution in [1.29, 1.82) is 0 Å². The van der Waals surface area contributed by atoms with Crippen LogP contribution < -0.4 is 10.1 Å². The van der Waals surface area contributed by atoms with Crippen molar-refractivity contribution in [2.75, 3.05) is 14.2 Å². The van der Waals surface area contributed by atoms with Crippen LogP contribution in [0.3, 0.4) is 0 Å². The summed E-state index contributed by atoms with van der Waals surface area (Å²) in [5.74, 6) is 0.836. The molecule has 3 nitrogen and oxygen atoms in total. The summed E-state index contributed by atoms with van der Waals surface area (Å²) in [5, 5.41) is 6.32. The molecule has 1 N–H and O–H groups in total. The Labute approximate surface area is 113 Å². The van der Waals surface area contributed by atoms with E-state index in [0.29, 0.717) is 0 Å². The number of thiazole rings is 1. The zero-order valence-corrected chi connectivity index (χ0v) is 12.0. The molecule has 0 aliphatic carbocycles. The maximum atomic E-state index is 5.22. The van der Waals surface area contributed by atoms with Gasteiger partial charge in [-0.15, -0.1) is 11.3 Å². The second kappa shape index (κ2) is 5.62. The predicted molar refractivity (Wildman–Crippen MR) is 73.7 cm³/mol. The molecule has 90 valence electrons. The largest absolute Gasteiger partial charge is 0.496 e. The van der Waals surface area contributed by atoms with Gasteiger partial charge in [-0.3, -0.25) is 0 Å². The standard InChI is InChI=1S/C12H13BrN2OS/c1-14-11(12-15-5-6-17-12)8-3-4-10(16-2)9(13)7-8/h3-7,11,14H,1-2H3. The Bertz CT molecular complexity index is 487. The predicted octanol–water partition coefficient (Wildman–Crippen LogP) is 3.22. The van der Waals surface area contributed by atoms with E-state index in [9.17, 15) is 0 Å². The summed E-state index contributed by atoms with van der Waals surface area (Å²) in [6.45, 7) is 0. The summed E-state index contributed by atoms with van der Waals surface area (Å²) in [7, 11) is 3.60. The quantitative estimate of drug-likeness (QED) is 0.941. The molecule has 0 aliphatic heterocycles. The van der Waals surface area contributed by atoms with Crippen molar-refractivity contribution in [3.8, 4) is 5.75 Å². The van der Waals surface area contributed by atoms with Gasteiger partial charge >= 0.3 is 0 Å². The molecular weight excluding hydrogens is 300 g/mol. The number of aromatic nitrogens is 1. The fourth-order valence-electron chi connectivity index (χ4n) is 1.67. The van der Waals surface area contributed by atoms with Gasteiger partial charge in [0, 0.05) is 11.6 Å². The third kappa shape index (κ3) is 2.68. The van der Waals surface area contributed by atoms with Gasteiger partial charge in [0.2, 0.25) is 0 Å². The van der Waals surface area contributed by atoms with Crippen LogP contribution >= 0.6 is 27.3 Å². The molecule has 0 radical (unpaired) electrons. The van der Waals surface area contributed by atoms with Crippen LogP contribution in [-0.4, -0.2) is 19.1 Å². The highest BCUT2D eigenvalue weighted by Gasteiger charge is 2.15. The Balaban J connectivity index is 2.35. The molecule has 0 aliphatic rings. The summed E-state index contributed by atoms with van der Waals surface area (Å²) >= 11 is 5.14. The van der Waals surface area contributed by atoms with Crippen molar-refractivity contribution >= 4 is 27.3 Å². The van der Waals surface area contributed by atoms with Crippen LogP contribution in [-0.2, 0) is 0 Å². The third-order valence-electron chi connectivity index (χ3n) is 2.50. The summed E-state index contributed by atoms with van der Waals surface area (Å²) in [6.07, 6.45) is 1.82. The molecule has 2 aromatic rings. The van der Waals surface area contributed by atoms with Crippen LogP contribution in [0.1, 0.15) is 16.6 Å². The van der Waals surface area contributed by atoms with Crippen molar-refractivity contribution in [2.24, 2.45) is 0 Å². The molecule has 1 unspecified atom stereocenters. The lowest BCUT2D eigenvalue weighted by atomic mass is 10.1. The number of hydrogen-bond donors (Lipinski definition) is 1. The van der Waals surface area contributed by atoms with Crippen molar-refractivity contribution in [3.63, 3.8) is 0 Å². The van der Waals surface area contributed by atoms with E-state index in [1.165, 1.54) is 0 Å². The lowest BCUT2D eigenvalue weighted by Gasteiger charge is -2.15. The number of rotatable bonds is 4. The molecule has 1 atom stereocenters. The fraction of sp³-hybridized carbons (Fsp3) is 0.250. The Hall–Kier alpha value is -0.910. The number of hydrogen-bond acceptors (Lipinski definition) is 4. The van der Waals surface area contributed by atoms with E-state index in [1.807, 2.05) is 30.8 Å². The molecule has 2 rings (SSSR count). The van der Waals surface area contributed by atoms with Gasteiger partial charge in [-0.25, -0.2) is 4.98 Å². The molecule has 17 heavy (non-hydrogen) atoms. The number of methoxy groups -OCH3 is 1. The zero-order valence-electron chi connectivity index (χ0n) is 9.61. The molecule has 0 saturated heterocycles. The van der Waals surface area contributed by atoms with Gasteiger partial charge in [0.1, 0.15) is 10.8 Å². The van der Waals surface area contributed by atoms with E-state index < -0.39 is 0 Å². The lowest BCUT2D eigenvalue weighted by Crippen LogP contribution is -2.17. The summed E-state index contributed by atoms with van der Waals surface area (Å²) in [4.78, 5) is 4.35. The highest BCUT2D eigenvalue weighted by Crippen LogP contribution is 2.30. The number of ether oxygens (including phenoxy) is 1. The SMILES string of the molecule is CNC(c1ccc(OC)c(Br)c1)c1nccs1. The first-order valence-corrected chi connectivity index (χ1v) is 6.83. The molecule has 1 aromatic heterocycles. The van der Waals surface area contributed by atoms with Gasteiger partial charge in [0.15, 0.2) is 0 Å². The second-order valence-electron chi connectivity index (χ2n) is 3.49. The minimum atomic E-state index is 0.122. The zero-order chi connectivity index (χ0) is 12.3. The van der Waals surface area contributed by atoms with E-state index in [2.05, 4.69) is 32.3 Å². The van der Waals surface area contributed by atoms with E-state index in [4.69, 9.17) is 4.74 Å². The smallest absolute Gasteiger partial charge is 0.133 e. The number of nitrogens with one attached hydrogen (secondary N) is 1. The first-order chi connectivity index (χ1) is 8.26. The maximum absolute atomic E-state index is 5.22. The topological polar surface area (TPSA) is 34.1 Å². The van der Waals surface area contributed by atoms with E-state index in [1.54, 1.807) is 18.4 Å². The molecule has 0 fully saturated rings. The van der Waals surface area contributed by atoms with Gasteiger partial charge in [0.25, 0.3) is 0 Å². The minimum Gasteiger partial charge on any atom is -0.496 e. The summed E-state index contributed by atoms with van der Waals surface area (Å²) in [5.41, 5.74) is 1.16. The van der Waals surface area contributed by atoms with Crippen molar-refractivity contribution < 1.29 is 4.74 Å². The van der Waals surface area contributed by atoms with E-state index in [-0.39, 0.29) is 6.04 Å². The van der Waals surface area contributed by atoms with Crippen LogP contribution in [0.5, 0.6) is 5.75 Å². The summed E-state index contributed by atoms with van der Waals surface area (Å²) < 4.78 is 6.18. The Morgan fingerprint density at radius 1 is 1.47 bits per heavy atom. The Morgan fingerprint density at radius 3 is 2.82 bits per heavy atom. The van der Waals surface area contributed by atoms with E-state index in [0.717, 1.165) is 20.8 Å². The molecule has 1 aromatic carbocycles. The van der Waals surface area contributed by atoms with Gasteiger partial charge < -0.3 is 10.1 Å². The highest BCUT2D eigenvalue weighted by molar-refractivity contribution is 9.10. The Morgan fingerprint density at radius 2 is 2.29 bits per heavy atom. The molecule has 0 saturated carbocycles. The summed E-state index contributed by atoms with van der Waals surface area (Å²) in [6, 6.07) is 6.18. The molecule has 1 heterocycles. The monoisotopic (exact) mass is 312 g/mol. The first kappa shape index (κ1) is 12.5. The van der Waals surface area contributed by atoms with Crippen LogP contribution in [0, 0.1) is 0 Å². The van der Waals surface area contributed by atoms with Crippen molar-refractivity contribution in [2.45, 2.75) is 6.04 Å². The van der Waals surface area contributed by atoms with Gasteiger partial charge in [-0.05, 0) is 40.7 Å². The molecular formula is C12H13BrN2OS. The minimum absolute atomic E-state index is 0.122. The molecule has 5 heteroatoms. The normalized spacial score (nSPS) is 12.4. The number of nitrogens with zero attached hydrogens (tertiary/aromatic N) is 1. The van der Waals surface area contributed by atoms with Crippen LogP contribution in [0.4, 0.5) is 0 Å². The average molecular weight is 313 g/mol. The maximum Gasteiger partial charge on any atom is 0.133 e. The Kier molecular flexibility index (Phi) is 4.15. The van der Waals surface area contributed by atoms with Gasteiger partial charge in [-0.2, -0.15) is 0 Å². The molecule has 0 bridgehead atoms. The van der Waals surface area contributed by atoms with Crippen LogP contribution in [0.25, 0.3) is 0 Å². The molecule has 0 amide bonds. The van der Waals surface area contributed by atoms with Crippen molar-refractivity contribution in [1.82, 2.24) is 10.3 Å². The molecule has 0 spiro atoms. The van der Waals surface area contributed by atoms with Gasteiger partial charge in [-0.1, -0.05) is 6.07 Å². The number of halogens is 1. The average Bonchev–Trinajstić information content (AvgIpc) is 2.84. The number of benzene rings is 1. The second-order valence-corrected chi connectivity index (χ2v) is 5.27. The van der Waals surface area contributed by atoms with Crippen molar-refractivity contribution in [3.05, 3.63) is 44.8 Å². The van der Waals surface area contributed by atoms with Gasteiger partial charge in [0.05, 0.1) is 17.6 Å². The first-order valence-electron chi connectivity index (χ1n) is 5.16. The third-order valence-corrected chi connectivity index (χ3v) is 3.96. The highest BCUT2D eigenvalue weighted by atomic mass is 79.9. The van der Waals surface area contributed by atoms with Crippen LogP contribution in [0.15, 0.2) is 34.2 Å².